The van der Waals surface area contributed by atoms with E-state index in [1.165, 1.54) is 12.1 Å². The predicted octanol–water partition coefficient (Wildman–Crippen LogP) is 0.822. The van der Waals surface area contributed by atoms with Crippen molar-refractivity contribution >= 4 is 21.3 Å². The fourth-order valence-corrected chi connectivity index (χ4v) is 1.73. The minimum Gasteiger partial charge on any atom is -0.293 e. The first-order valence-corrected chi connectivity index (χ1v) is 6.31. The second-order valence-corrected chi connectivity index (χ2v) is 5.44. The maximum Gasteiger partial charge on any atom is 0.269 e. The zero-order valence-electron chi connectivity index (χ0n) is 8.41. The summed E-state index contributed by atoms with van der Waals surface area (Å²) in [6.07, 6.45) is 0.955. The van der Waals surface area contributed by atoms with Crippen LogP contribution >= 0.6 is 0 Å². The third-order valence-electron chi connectivity index (χ3n) is 1.79. The number of non-ortho nitro benzene ring substituents is 1. The van der Waals surface area contributed by atoms with Crippen LogP contribution in [0.1, 0.15) is 10.4 Å². The highest BCUT2D eigenvalue weighted by Gasteiger charge is 2.14. The number of carbonyl (C=O) groups is 1. The van der Waals surface area contributed by atoms with Gasteiger partial charge in [0.2, 0.25) is 0 Å². The van der Waals surface area contributed by atoms with Gasteiger partial charge in [-0.3, -0.25) is 14.9 Å². The van der Waals surface area contributed by atoms with Gasteiger partial charge in [0.1, 0.15) is 5.75 Å². The van der Waals surface area contributed by atoms with E-state index in [1.807, 2.05) is 0 Å². The smallest absolute Gasteiger partial charge is 0.269 e. The maximum atomic E-state index is 11.4. The molecule has 1 aromatic carbocycles. The molecule has 16 heavy (non-hydrogen) atoms. The number of rotatable bonds is 4. The van der Waals surface area contributed by atoms with Gasteiger partial charge in [-0.05, 0) is 12.1 Å². The van der Waals surface area contributed by atoms with Gasteiger partial charge < -0.3 is 0 Å². The fourth-order valence-electron chi connectivity index (χ4n) is 1.09. The molecule has 0 saturated heterocycles. The summed E-state index contributed by atoms with van der Waals surface area (Å²) < 4.78 is 21.7. The van der Waals surface area contributed by atoms with Gasteiger partial charge in [0.15, 0.2) is 15.6 Å². The Balaban J connectivity index is 2.90. The summed E-state index contributed by atoms with van der Waals surface area (Å²) in [4.78, 5) is 21.1. The maximum absolute atomic E-state index is 11.4. The second kappa shape index (κ2) is 4.40. The van der Waals surface area contributed by atoms with Crippen LogP contribution in [-0.2, 0) is 9.84 Å². The number of sulfone groups is 1. The fraction of sp³-hybridized carbons (Fsp3) is 0.222. The molecule has 0 aliphatic heterocycles. The highest BCUT2D eigenvalue weighted by Crippen LogP contribution is 2.12. The van der Waals surface area contributed by atoms with Crippen LogP contribution in [0.4, 0.5) is 5.69 Å². The van der Waals surface area contributed by atoms with E-state index in [0.29, 0.717) is 0 Å². The molecule has 0 amide bonds. The first-order chi connectivity index (χ1) is 7.29. The van der Waals surface area contributed by atoms with E-state index < -0.39 is 26.3 Å². The van der Waals surface area contributed by atoms with Crippen molar-refractivity contribution in [2.75, 3.05) is 12.0 Å². The molecule has 6 nitrogen and oxygen atoms in total. The van der Waals surface area contributed by atoms with Gasteiger partial charge in [-0.2, -0.15) is 0 Å². The minimum atomic E-state index is -3.38. The highest BCUT2D eigenvalue weighted by atomic mass is 32.2. The van der Waals surface area contributed by atoms with Crippen molar-refractivity contribution < 1.29 is 18.1 Å². The standard InChI is InChI=1S/C9H9NO5S/c1-16(14,15)6-9(11)7-2-4-8(5-3-7)10(12)13/h2-5H,6H2,1H3. The summed E-state index contributed by atoms with van der Waals surface area (Å²) in [6.45, 7) is 0. The van der Waals surface area contributed by atoms with Gasteiger partial charge in [0.05, 0.1) is 4.92 Å². The average Bonchev–Trinajstić information content (AvgIpc) is 2.15. The largest absolute Gasteiger partial charge is 0.293 e. The van der Waals surface area contributed by atoms with Crippen LogP contribution in [0.2, 0.25) is 0 Å². The molecule has 0 atom stereocenters. The number of carbonyl (C=O) groups excluding carboxylic acids is 1. The number of Topliss-reactive ketones (excluding diaryl/α,β-unsaturated/α-hetero) is 1. The number of hydrogen-bond acceptors (Lipinski definition) is 5. The summed E-state index contributed by atoms with van der Waals surface area (Å²) in [5.41, 5.74) is 0.00642. The van der Waals surface area contributed by atoms with Crippen molar-refractivity contribution in [2.45, 2.75) is 0 Å². The summed E-state index contributed by atoms with van der Waals surface area (Å²) in [6, 6.07) is 4.81. The zero-order valence-corrected chi connectivity index (χ0v) is 9.23. The molecule has 0 fully saturated rings. The Morgan fingerprint density at radius 3 is 2.19 bits per heavy atom. The van der Waals surface area contributed by atoms with Crippen LogP contribution < -0.4 is 0 Å². The molecule has 0 spiro atoms. The number of nitrogens with zero attached hydrogens (tertiary/aromatic N) is 1. The normalized spacial score (nSPS) is 11.1. The number of ketones is 1. The van der Waals surface area contributed by atoms with Gasteiger partial charge in [0, 0.05) is 24.0 Å². The van der Waals surface area contributed by atoms with Crippen molar-refractivity contribution in [2.24, 2.45) is 0 Å². The van der Waals surface area contributed by atoms with E-state index in [4.69, 9.17) is 0 Å². The molecule has 0 aliphatic carbocycles. The summed E-state index contributed by atoms with van der Waals surface area (Å²) in [7, 11) is -3.38. The Morgan fingerprint density at radius 2 is 1.81 bits per heavy atom. The number of hydrogen-bond donors (Lipinski definition) is 0. The van der Waals surface area contributed by atoms with E-state index in [9.17, 15) is 23.3 Å². The van der Waals surface area contributed by atoms with Crippen molar-refractivity contribution in [1.29, 1.82) is 0 Å². The molecule has 0 saturated carbocycles. The molecule has 1 aromatic rings. The van der Waals surface area contributed by atoms with Gasteiger partial charge in [-0.1, -0.05) is 0 Å². The molecule has 0 bridgehead atoms. The first-order valence-electron chi connectivity index (χ1n) is 4.25. The highest BCUT2D eigenvalue weighted by molar-refractivity contribution is 7.91. The first kappa shape index (κ1) is 12.3. The molecule has 7 heteroatoms. The topological polar surface area (TPSA) is 94.3 Å². The van der Waals surface area contributed by atoms with Crippen LogP contribution in [-0.4, -0.2) is 31.1 Å². The molecular formula is C9H9NO5S. The molecule has 0 radical (unpaired) electrons. The molecule has 0 unspecified atom stereocenters. The Bertz CT molecular complexity index is 517. The van der Waals surface area contributed by atoms with E-state index in [2.05, 4.69) is 0 Å². The lowest BCUT2D eigenvalue weighted by molar-refractivity contribution is -0.384. The quantitative estimate of drug-likeness (QED) is 0.443. The van der Waals surface area contributed by atoms with Gasteiger partial charge in [-0.15, -0.1) is 0 Å². The summed E-state index contributed by atoms with van der Waals surface area (Å²) >= 11 is 0. The SMILES string of the molecule is CS(=O)(=O)CC(=O)c1ccc([N+](=O)[O-])cc1. The molecule has 0 N–H and O–H groups in total. The third kappa shape index (κ3) is 3.43. The van der Waals surface area contributed by atoms with Crippen LogP contribution in [0, 0.1) is 10.1 Å². The molecule has 0 aromatic heterocycles. The molecule has 0 heterocycles. The second-order valence-electron chi connectivity index (χ2n) is 3.30. The van der Waals surface area contributed by atoms with Gasteiger partial charge in [0.25, 0.3) is 5.69 Å². The summed E-state index contributed by atoms with van der Waals surface area (Å²) in [5, 5.41) is 10.3. The third-order valence-corrected chi connectivity index (χ3v) is 2.58. The van der Waals surface area contributed by atoms with Crippen molar-refractivity contribution in [1.82, 2.24) is 0 Å². The monoisotopic (exact) mass is 243 g/mol. The number of benzene rings is 1. The molecule has 1 rings (SSSR count). The Hall–Kier alpha value is -1.76. The van der Waals surface area contributed by atoms with Gasteiger partial charge >= 0.3 is 0 Å². The lowest BCUT2D eigenvalue weighted by atomic mass is 10.1. The Labute approximate surface area is 92.0 Å². The van der Waals surface area contributed by atoms with E-state index in [1.54, 1.807) is 0 Å². The molecule has 0 aliphatic rings. The van der Waals surface area contributed by atoms with Crippen LogP contribution in [0.15, 0.2) is 24.3 Å². The Morgan fingerprint density at radius 1 is 1.31 bits per heavy atom. The van der Waals surface area contributed by atoms with E-state index in [0.717, 1.165) is 18.4 Å². The predicted molar refractivity (Wildman–Crippen MR) is 57.1 cm³/mol. The van der Waals surface area contributed by atoms with Crippen molar-refractivity contribution in [3.63, 3.8) is 0 Å². The molecular weight excluding hydrogens is 234 g/mol. The van der Waals surface area contributed by atoms with Crippen LogP contribution in [0.5, 0.6) is 0 Å². The van der Waals surface area contributed by atoms with Crippen molar-refractivity contribution in [3.05, 3.63) is 39.9 Å². The van der Waals surface area contributed by atoms with E-state index in [-0.39, 0.29) is 11.3 Å². The Kier molecular flexibility index (Phi) is 3.38. The molecule has 86 valence electrons. The van der Waals surface area contributed by atoms with E-state index >= 15 is 0 Å². The van der Waals surface area contributed by atoms with Crippen LogP contribution in [0.25, 0.3) is 0 Å². The van der Waals surface area contributed by atoms with Gasteiger partial charge in [-0.25, -0.2) is 8.42 Å². The number of nitro groups is 1. The lowest BCUT2D eigenvalue weighted by Crippen LogP contribution is -2.14. The average molecular weight is 243 g/mol. The lowest BCUT2D eigenvalue weighted by Gasteiger charge is -1.98. The van der Waals surface area contributed by atoms with Crippen molar-refractivity contribution in [3.8, 4) is 0 Å². The minimum absolute atomic E-state index is 0.143. The summed E-state index contributed by atoms with van der Waals surface area (Å²) in [5.74, 6) is -1.16. The van der Waals surface area contributed by atoms with Crippen LogP contribution in [0.3, 0.4) is 0 Å². The zero-order chi connectivity index (χ0) is 12.3. The number of nitro benzene ring substituents is 1.